The first-order chi connectivity index (χ1) is 12.0. The third-order valence-electron chi connectivity index (χ3n) is 6.11. The highest BCUT2D eigenvalue weighted by Gasteiger charge is 2.34. The van der Waals surface area contributed by atoms with Crippen LogP contribution in [0.2, 0.25) is 0 Å². The van der Waals surface area contributed by atoms with Gasteiger partial charge >= 0.3 is 5.97 Å². The topological polar surface area (TPSA) is 43.8 Å². The zero-order chi connectivity index (χ0) is 17.7. The lowest BCUT2D eigenvalue weighted by molar-refractivity contribution is -0.132. The Morgan fingerprint density at radius 2 is 2.04 bits per heavy atom. The van der Waals surface area contributed by atoms with Crippen LogP contribution in [-0.4, -0.2) is 30.2 Å². The van der Waals surface area contributed by atoms with E-state index in [0.29, 0.717) is 18.0 Å². The van der Waals surface area contributed by atoms with Gasteiger partial charge in [0.25, 0.3) is 0 Å². The zero-order valence-electron chi connectivity index (χ0n) is 15.5. The molecule has 2 unspecified atom stereocenters. The van der Waals surface area contributed by atoms with Crippen LogP contribution in [0, 0.1) is 12.8 Å². The van der Waals surface area contributed by atoms with Crippen LogP contribution in [0.5, 0.6) is 0 Å². The van der Waals surface area contributed by atoms with Gasteiger partial charge in [-0.1, -0.05) is 13.0 Å². The van der Waals surface area contributed by atoms with Crippen LogP contribution in [-0.2, 0) is 17.6 Å². The maximum absolute atomic E-state index is 11.6. The van der Waals surface area contributed by atoms with Gasteiger partial charge in [0.2, 0.25) is 0 Å². The van der Waals surface area contributed by atoms with Crippen molar-refractivity contribution in [2.45, 2.75) is 58.9 Å². The molecule has 0 amide bonds. The van der Waals surface area contributed by atoms with Gasteiger partial charge in [0.05, 0.1) is 5.57 Å². The number of hydrogen-bond donors (Lipinski definition) is 1. The maximum atomic E-state index is 11.6. The lowest BCUT2D eigenvalue weighted by atomic mass is 9.85. The lowest BCUT2D eigenvalue weighted by Crippen LogP contribution is -2.40. The maximum Gasteiger partial charge on any atom is 0.333 e. The van der Waals surface area contributed by atoms with E-state index in [-0.39, 0.29) is 0 Å². The number of carbonyl (C=O) groups is 1. The fourth-order valence-electron chi connectivity index (χ4n) is 4.92. The molecule has 0 spiro atoms. The van der Waals surface area contributed by atoms with Crippen molar-refractivity contribution in [2.24, 2.45) is 5.92 Å². The number of aliphatic carboxylic acids is 1. The van der Waals surface area contributed by atoms with Crippen LogP contribution >= 0.6 is 0 Å². The number of carboxylic acids is 1. The summed E-state index contributed by atoms with van der Waals surface area (Å²) in [6, 6.07) is 2.60. The molecule has 1 saturated heterocycles. The molecule has 3 heterocycles. The molecule has 0 bridgehead atoms. The molecule has 0 saturated carbocycles. The van der Waals surface area contributed by atoms with Crippen LogP contribution < -0.4 is 9.80 Å². The number of benzene rings is 1. The Labute approximate surface area is 150 Å². The Kier molecular flexibility index (Phi) is 4.01. The summed E-state index contributed by atoms with van der Waals surface area (Å²) in [6.45, 7) is 9.03. The molecule has 1 fully saturated rings. The quantitative estimate of drug-likeness (QED) is 0.887. The van der Waals surface area contributed by atoms with Gasteiger partial charge in [-0.05, 0) is 62.1 Å². The number of hydrogen-bond acceptors (Lipinski definition) is 3. The SMILES string of the molecule is Cc1cc2c3c(c1N1CCCC(C)C1)CCC(C)N3C=C(C(=O)O)C2. The molecule has 1 N–H and O–H groups in total. The standard InChI is InChI=1S/C21H28N2O2/c1-13-5-4-8-22(11-13)19-14(2)9-16-10-17(21(24)25)12-23-15(3)6-7-18(19)20(16)23/h9,12-13,15H,4-8,10-11H2,1-3H3,(H,24,25). The number of nitrogens with zero attached hydrogens (tertiary/aromatic N) is 2. The van der Waals surface area contributed by atoms with Crippen molar-refractivity contribution in [3.63, 3.8) is 0 Å². The van der Waals surface area contributed by atoms with Crippen LogP contribution in [0.15, 0.2) is 17.8 Å². The highest BCUT2D eigenvalue weighted by Crippen LogP contribution is 2.45. The van der Waals surface area contributed by atoms with Gasteiger partial charge in [0.1, 0.15) is 0 Å². The summed E-state index contributed by atoms with van der Waals surface area (Å²) in [7, 11) is 0. The first-order valence-corrected chi connectivity index (χ1v) is 9.58. The smallest absolute Gasteiger partial charge is 0.333 e. The van der Waals surface area contributed by atoms with Crippen molar-refractivity contribution in [2.75, 3.05) is 22.9 Å². The summed E-state index contributed by atoms with van der Waals surface area (Å²) < 4.78 is 0. The Morgan fingerprint density at radius 3 is 2.76 bits per heavy atom. The monoisotopic (exact) mass is 340 g/mol. The second-order valence-corrected chi connectivity index (χ2v) is 8.15. The van der Waals surface area contributed by atoms with E-state index in [1.54, 1.807) is 0 Å². The van der Waals surface area contributed by atoms with E-state index in [1.807, 2.05) is 6.20 Å². The molecule has 3 aliphatic heterocycles. The van der Waals surface area contributed by atoms with Crippen LogP contribution in [0.3, 0.4) is 0 Å². The molecule has 4 nitrogen and oxygen atoms in total. The largest absolute Gasteiger partial charge is 0.478 e. The Balaban J connectivity index is 1.84. The molecular formula is C21H28N2O2. The summed E-state index contributed by atoms with van der Waals surface area (Å²) in [5, 5.41) is 9.50. The van der Waals surface area contributed by atoms with E-state index in [2.05, 4.69) is 36.6 Å². The van der Waals surface area contributed by atoms with Gasteiger partial charge in [-0.3, -0.25) is 0 Å². The number of anilines is 2. The van der Waals surface area contributed by atoms with E-state index < -0.39 is 5.97 Å². The highest BCUT2D eigenvalue weighted by molar-refractivity contribution is 5.91. The first kappa shape index (κ1) is 16.5. The van der Waals surface area contributed by atoms with Crippen molar-refractivity contribution in [1.29, 1.82) is 0 Å². The number of carboxylic acid groups (broad SMARTS) is 1. The van der Waals surface area contributed by atoms with E-state index in [9.17, 15) is 9.90 Å². The van der Waals surface area contributed by atoms with Crippen LogP contribution in [0.25, 0.3) is 0 Å². The van der Waals surface area contributed by atoms with Gasteiger partial charge in [0.15, 0.2) is 0 Å². The van der Waals surface area contributed by atoms with Crippen molar-refractivity contribution < 1.29 is 9.90 Å². The van der Waals surface area contributed by atoms with Crippen molar-refractivity contribution in [3.05, 3.63) is 34.5 Å². The van der Waals surface area contributed by atoms with Gasteiger partial charge in [0, 0.05) is 43.1 Å². The molecule has 1 aromatic carbocycles. The minimum absolute atomic E-state index is 0.358. The minimum atomic E-state index is -0.795. The fraction of sp³-hybridized carbons (Fsp3) is 0.571. The number of rotatable bonds is 2. The molecule has 0 aromatic heterocycles. The van der Waals surface area contributed by atoms with Gasteiger partial charge in [-0.15, -0.1) is 0 Å². The molecule has 1 aromatic rings. The van der Waals surface area contributed by atoms with E-state index >= 15 is 0 Å². The Hall–Kier alpha value is -1.97. The Morgan fingerprint density at radius 1 is 1.24 bits per heavy atom. The molecule has 4 heteroatoms. The van der Waals surface area contributed by atoms with Gasteiger partial charge < -0.3 is 14.9 Å². The second kappa shape index (κ2) is 6.08. The highest BCUT2D eigenvalue weighted by atomic mass is 16.4. The summed E-state index contributed by atoms with van der Waals surface area (Å²) in [4.78, 5) is 16.4. The molecule has 134 valence electrons. The average molecular weight is 340 g/mol. The van der Waals surface area contributed by atoms with Gasteiger partial charge in [-0.2, -0.15) is 0 Å². The molecule has 4 rings (SSSR count). The third kappa shape index (κ3) is 2.72. The van der Waals surface area contributed by atoms with Crippen molar-refractivity contribution in [1.82, 2.24) is 0 Å². The molecule has 3 aliphatic rings. The minimum Gasteiger partial charge on any atom is -0.478 e. The van der Waals surface area contributed by atoms with Crippen LogP contribution in [0.1, 0.15) is 49.8 Å². The normalized spacial score (nSPS) is 25.5. The summed E-state index contributed by atoms with van der Waals surface area (Å²) in [5.41, 5.74) is 7.17. The molecule has 2 atom stereocenters. The average Bonchev–Trinajstić information content (AvgIpc) is 2.57. The summed E-state index contributed by atoms with van der Waals surface area (Å²) >= 11 is 0. The lowest BCUT2D eigenvalue weighted by Gasteiger charge is -2.43. The summed E-state index contributed by atoms with van der Waals surface area (Å²) in [6.07, 6.45) is 7.19. The van der Waals surface area contributed by atoms with E-state index in [0.717, 1.165) is 31.8 Å². The number of aryl methyl sites for hydroxylation is 1. The summed E-state index contributed by atoms with van der Waals surface area (Å²) in [5.74, 6) is -0.0509. The molecular weight excluding hydrogens is 312 g/mol. The first-order valence-electron chi connectivity index (χ1n) is 9.58. The van der Waals surface area contributed by atoms with E-state index in [4.69, 9.17) is 0 Å². The third-order valence-corrected chi connectivity index (χ3v) is 6.11. The van der Waals surface area contributed by atoms with Gasteiger partial charge in [-0.25, -0.2) is 4.79 Å². The number of piperidine rings is 1. The molecule has 25 heavy (non-hydrogen) atoms. The van der Waals surface area contributed by atoms with Crippen molar-refractivity contribution in [3.8, 4) is 0 Å². The fourth-order valence-corrected chi connectivity index (χ4v) is 4.92. The van der Waals surface area contributed by atoms with E-state index in [1.165, 1.54) is 40.9 Å². The molecule has 0 radical (unpaired) electrons. The predicted octanol–water partition coefficient (Wildman–Crippen LogP) is 3.90. The zero-order valence-corrected chi connectivity index (χ0v) is 15.5. The van der Waals surface area contributed by atoms with Crippen molar-refractivity contribution >= 4 is 17.3 Å². The van der Waals surface area contributed by atoms with Crippen LogP contribution in [0.4, 0.5) is 11.4 Å². The molecule has 0 aliphatic carbocycles. The Bertz CT molecular complexity index is 753. The predicted molar refractivity (Wildman–Crippen MR) is 101 cm³/mol. The second-order valence-electron chi connectivity index (χ2n) is 8.15.